The van der Waals surface area contributed by atoms with Gasteiger partial charge in [0.2, 0.25) is 11.8 Å². The molecule has 0 bridgehead atoms. The molecular weight excluding hydrogens is 390 g/mol. The molecule has 2 amide bonds. The second-order valence-electron chi connectivity index (χ2n) is 8.44. The lowest BCUT2D eigenvalue weighted by atomic mass is 9.82. The number of rotatable bonds is 2. The standard InChI is InChI=1S/C22H24ClN3O3/c1-22(2)8-10-26(20(27)12-22)18-5-6-19(24-13-18)29-21(28)25-9-7-15-3-4-17(23)11-16(15)14-25/h3-6,11,13H,7-10,12,14H2,1-2H3. The van der Waals surface area contributed by atoms with Crippen molar-refractivity contribution >= 4 is 29.3 Å². The maximum absolute atomic E-state index is 12.5. The first kappa shape index (κ1) is 19.7. The molecule has 0 aliphatic carbocycles. The molecule has 152 valence electrons. The fourth-order valence-electron chi connectivity index (χ4n) is 3.83. The third-order valence-electron chi connectivity index (χ3n) is 5.61. The Labute approximate surface area is 175 Å². The van der Waals surface area contributed by atoms with E-state index in [2.05, 4.69) is 18.8 Å². The van der Waals surface area contributed by atoms with E-state index >= 15 is 0 Å². The van der Waals surface area contributed by atoms with E-state index in [1.165, 1.54) is 5.56 Å². The van der Waals surface area contributed by atoms with Gasteiger partial charge < -0.3 is 14.5 Å². The first-order valence-corrected chi connectivity index (χ1v) is 10.2. The summed E-state index contributed by atoms with van der Waals surface area (Å²) in [5, 5.41) is 0.659. The highest BCUT2D eigenvalue weighted by molar-refractivity contribution is 6.30. The van der Waals surface area contributed by atoms with E-state index < -0.39 is 6.09 Å². The Kier molecular flexibility index (Phi) is 5.21. The average Bonchev–Trinajstić information content (AvgIpc) is 2.67. The molecule has 1 aromatic heterocycles. The van der Waals surface area contributed by atoms with Crippen molar-refractivity contribution in [3.05, 3.63) is 52.7 Å². The Hall–Kier alpha value is -2.60. The fraction of sp³-hybridized carbons (Fsp3) is 0.409. The van der Waals surface area contributed by atoms with E-state index in [0.717, 1.165) is 24.1 Å². The molecule has 0 radical (unpaired) electrons. The van der Waals surface area contributed by atoms with Crippen molar-refractivity contribution in [3.8, 4) is 5.88 Å². The monoisotopic (exact) mass is 413 g/mol. The summed E-state index contributed by atoms with van der Waals surface area (Å²) >= 11 is 6.07. The van der Waals surface area contributed by atoms with E-state index in [-0.39, 0.29) is 17.2 Å². The van der Waals surface area contributed by atoms with Crippen LogP contribution >= 0.6 is 11.6 Å². The Morgan fingerprint density at radius 2 is 2.00 bits per heavy atom. The summed E-state index contributed by atoms with van der Waals surface area (Å²) in [5.74, 6) is 0.318. The molecule has 1 saturated heterocycles. The predicted molar refractivity (Wildman–Crippen MR) is 111 cm³/mol. The number of fused-ring (bicyclic) bond motifs is 1. The third-order valence-corrected chi connectivity index (χ3v) is 5.84. The topological polar surface area (TPSA) is 62.7 Å². The number of amides is 2. The molecule has 0 unspecified atom stereocenters. The van der Waals surface area contributed by atoms with Crippen LogP contribution in [0.3, 0.4) is 0 Å². The zero-order chi connectivity index (χ0) is 20.6. The van der Waals surface area contributed by atoms with Crippen LogP contribution in [-0.4, -0.2) is 35.0 Å². The SMILES string of the molecule is CC1(C)CCN(c2ccc(OC(=O)N3CCc4ccc(Cl)cc4C3)nc2)C(=O)C1. The summed E-state index contributed by atoms with van der Waals surface area (Å²) in [7, 11) is 0. The van der Waals surface area contributed by atoms with Crippen molar-refractivity contribution in [1.82, 2.24) is 9.88 Å². The molecule has 3 heterocycles. The van der Waals surface area contributed by atoms with Gasteiger partial charge in [-0.3, -0.25) is 4.79 Å². The molecular formula is C22H24ClN3O3. The van der Waals surface area contributed by atoms with Gasteiger partial charge in [0, 0.05) is 37.1 Å². The van der Waals surface area contributed by atoms with Crippen molar-refractivity contribution in [1.29, 1.82) is 0 Å². The molecule has 0 N–H and O–H groups in total. The number of aromatic nitrogens is 1. The van der Waals surface area contributed by atoms with Gasteiger partial charge >= 0.3 is 6.09 Å². The van der Waals surface area contributed by atoms with Crippen molar-refractivity contribution < 1.29 is 14.3 Å². The molecule has 1 fully saturated rings. The van der Waals surface area contributed by atoms with Crippen LogP contribution in [0.1, 0.15) is 37.8 Å². The van der Waals surface area contributed by atoms with Crippen LogP contribution in [0, 0.1) is 5.41 Å². The van der Waals surface area contributed by atoms with Gasteiger partial charge in [0.05, 0.1) is 11.9 Å². The molecule has 4 rings (SSSR count). The first-order chi connectivity index (χ1) is 13.8. The predicted octanol–water partition coefficient (Wildman–Crippen LogP) is 4.45. The lowest BCUT2D eigenvalue weighted by Crippen LogP contribution is -2.42. The molecule has 1 aromatic carbocycles. The molecule has 2 aromatic rings. The third kappa shape index (κ3) is 4.37. The number of nitrogens with zero attached hydrogens (tertiary/aromatic N) is 3. The highest BCUT2D eigenvalue weighted by Crippen LogP contribution is 2.33. The Bertz CT molecular complexity index is 943. The van der Waals surface area contributed by atoms with E-state index in [0.29, 0.717) is 31.1 Å². The van der Waals surface area contributed by atoms with Crippen LogP contribution in [0.25, 0.3) is 0 Å². The highest BCUT2D eigenvalue weighted by atomic mass is 35.5. The number of anilines is 1. The van der Waals surface area contributed by atoms with Crippen molar-refractivity contribution in [3.63, 3.8) is 0 Å². The van der Waals surface area contributed by atoms with Crippen LogP contribution in [0.4, 0.5) is 10.5 Å². The average molecular weight is 414 g/mol. The summed E-state index contributed by atoms with van der Waals surface area (Å²) in [6.07, 6.45) is 3.37. The second kappa shape index (κ2) is 7.67. The maximum atomic E-state index is 12.5. The van der Waals surface area contributed by atoms with Crippen LogP contribution in [0.15, 0.2) is 36.5 Å². The minimum absolute atomic E-state index is 0.0355. The zero-order valence-electron chi connectivity index (χ0n) is 16.7. The normalized spacial score (nSPS) is 18.4. The number of hydrogen-bond donors (Lipinski definition) is 0. The van der Waals surface area contributed by atoms with Gasteiger partial charge in [-0.1, -0.05) is 31.5 Å². The van der Waals surface area contributed by atoms with Gasteiger partial charge in [-0.05, 0) is 47.6 Å². The molecule has 0 atom stereocenters. The number of piperidine rings is 1. The summed E-state index contributed by atoms with van der Waals surface area (Å²) in [6.45, 7) is 5.93. The van der Waals surface area contributed by atoms with Gasteiger partial charge in [0.25, 0.3) is 0 Å². The van der Waals surface area contributed by atoms with Crippen molar-refractivity contribution in [2.24, 2.45) is 5.41 Å². The number of carbonyl (C=O) groups is 2. The van der Waals surface area contributed by atoms with Crippen molar-refractivity contribution in [2.75, 3.05) is 18.0 Å². The summed E-state index contributed by atoms with van der Waals surface area (Å²) < 4.78 is 5.44. The molecule has 0 spiro atoms. The lowest BCUT2D eigenvalue weighted by Gasteiger charge is -2.36. The molecule has 6 nitrogen and oxygen atoms in total. The van der Waals surface area contributed by atoms with Gasteiger partial charge in [0.1, 0.15) is 0 Å². The quantitative estimate of drug-likeness (QED) is 0.729. The second-order valence-corrected chi connectivity index (χ2v) is 8.88. The van der Waals surface area contributed by atoms with Gasteiger partial charge in [0.15, 0.2) is 0 Å². The number of halogens is 1. The molecule has 7 heteroatoms. The first-order valence-electron chi connectivity index (χ1n) is 9.81. The van der Waals surface area contributed by atoms with Gasteiger partial charge in [-0.2, -0.15) is 0 Å². The van der Waals surface area contributed by atoms with Crippen LogP contribution < -0.4 is 9.64 Å². The van der Waals surface area contributed by atoms with Crippen molar-refractivity contribution in [2.45, 2.75) is 39.7 Å². The minimum atomic E-state index is -0.438. The van der Waals surface area contributed by atoms with E-state index in [1.54, 1.807) is 28.1 Å². The smallest absolute Gasteiger partial charge is 0.391 e. The highest BCUT2D eigenvalue weighted by Gasteiger charge is 2.32. The van der Waals surface area contributed by atoms with E-state index in [9.17, 15) is 9.59 Å². The van der Waals surface area contributed by atoms with E-state index in [1.807, 2.05) is 18.2 Å². The molecule has 2 aliphatic rings. The minimum Gasteiger partial charge on any atom is -0.391 e. The van der Waals surface area contributed by atoms with Gasteiger partial charge in [-0.25, -0.2) is 9.78 Å². The molecule has 29 heavy (non-hydrogen) atoms. The number of benzene rings is 1. The van der Waals surface area contributed by atoms with Crippen LogP contribution in [0.5, 0.6) is 5.88 Å². The fourth-order valence-corrected chi connectivity index (χ4v) is 4.03. The van der Waals surface area contributed by atoms with Gasteiger partial charge in [-0.15, -0.1) is 0 Å². The Morgan fingerprint density at radius 3 is 2.72 bits per heavy atom. The summed E-state index contributed by atoms with van der Waals surface area (Å²) in [5.41, 5.74) is 3.01. The summed E-state index contributed by atoms with van der Waals surface area (Å²) in [6, 6.07) is 9.17. The summed E-state index contributed by atoms with van der Waals surface area (Å²) in [4.78, 5) is 32.6. The maximum Gasteiger partial charge on any atom is 0.416 e. The van der Waals surface area contributed by atoms with Crippen LogP contribution in [-0.2, 0) is 17.8 Å². The number of hydrogen-bond acceptors (Lipinski definition) is 4. The lowest BCUT2D eigenvalue weighted by molar-refractivity contribution is -0.122. The number of ether oxygens (including phenoxy) is 1. The number of pyridine rings is 1. The van der Waals surface area contributed by atoms with E-state index in [4.69, 9.17) is 16.3 Å². The Morgan fingerprint density at radius 1 is 1.17 bits per heavy atom. The number of carbonyl (C=O) groups excluding carboxylic acids is 2. The molecule has 2 aliphatic heterocycles. The largest absolute Gasteiger partial charge is 0.416 e. The molecule has 0 saturated carbocycles. The Balaban J connectivity index is 1.39. The van der Waals surface area contributed by atoms with Crippen LogP contribution in [0.2, 0.25) is 5.02 Å². The zero-order valence-corrected chi connectivity index (χ0v) is 17.4.